The van der Waals surface area contributed by atoms with E-state index in [4.69, 9.17) is 5.11 Å². The van der Waals surface area contributed by atoms with E-state index in [1.165, 1.54) is 11.3 Å². The third-order valence-electron chi connectivity index (χ3n) is 2.29. The van der Waals surface area contributed by atoms with Crippen LogP contribution in [-0.4, -0.2) is 34.1 Å². The highest BCUT2D eigenvalue weighted by Crippen LogP contribution is 2.16. The highest BCUT2D eigenvalue weighted by molar-refractivity contribution is 7.13. The summed E-state index contributed by atoms with van der Waals surface area (Å²) in [5.41, 5.74) is 0.543. The predicted molar refractivity (Wildman–Crippen MR) is 79.1 cm³/mol. The molecule has 20 heavy (non-hydrogen) atoms. The first-order valence-electron chi connectivity index (χ1n) is 6.47. The molecule has 0 saturated heterocycles. The van der Waals surface area contributed by atoms with Crippen LogP contribution in [0.4, 0.5) is 5.13 Å². The summed E-state index contributed by atoms with van der Waals surface area (Å²) in [6.07, 6.45) is 0.885. The van der Waals surface area contributed by atoms with Crippen LogP contribution in [-0.2, 0) is 16.0 Å². The molecule has 1 aromatic rings. The van der Waals surface area contributed by atoms with Crippen LogP contribution in [0.5, 0.6) is 0 Å². The Morgan fingerprint density at radius 2 is 2.05 bits per heavy atom. The molecule has 1 heterocycles. The number of aryl methyl sites for hydroxylation is 1. The van der Waals surface area contributed by atoms with Crippen molar-refractivity contribution < 1.29 is 14.7 Å². The lowest BCUT2D eigenvalue weighted by Crippen LogP contribution is -2.41. The van der Waals surface area contributed by atoms with Crippen molar-refractivity contribution in [1.29, 1.82) is 0 Å². The van der Waals surface area contributed by atoms with Crippen LogP contribution >= 0.6 is 11.3 Å². The van der Waals surface area contributed by atoms with Gasteiger partial charge in [0.2, 0.25) is 5.91 Å². The van der Waals surface area contributed by atoms with Crippen molar-refractivity contribution in [2.75, 3.05) is 11.9 Å². The summed E-state index contributed by atoms with van der Waals surface area (Å²) >= 11 is 1.42. The molecule has 7 heteroatoms. The third-order valence-corrected chi connectivity index (χ3v) is 3.14. The molecule has 3 N–H and O–H groups in total. The highest BCUT2D eigenvalue weighted by atomic mass is 32.1. The Kier molecular flexibility index (Phi) is 5.94. The van der Waals surface area contributed by atoms with Gasteiger partial charge in [0.1, 0.15) is 0 Å². The molecule has 1 rings (SSSR count). The quantitative estimate of drug-likeness (QED) is 0.715. The van der Waals surface area contributed by atoms with Gasteiger partial charge < -0.3 is 15.7 Å². The lowest BCUT2D eigenvalue weighted by molar-refractivity contribution is -0.137. The van der Waals surface area contributed by atoms with Crippen molar-refractivity contribution in [3.05, 3.63) is 11.1 Å². The molecule has 0 aliphatic heterocycles. The SMILES string of the molecule is CC(C)(C)NC(=O)CCNc1nc(CCC(=O)O)cs1. The second-order valence-electron chi connectivity index (χ2n) is 5.51. The van der Waals surface area contributed by atoms with Crippen LogP contribution in [0.1, 0.15) is 39.3 Å². The van der Waals surface area contributed by atoms with Gasteiger partial charge in [-0.15, -0.1) is 11.3 Å². The molecule has 0 aliphatic rings. The molecule has 0 unspecified atom stereocenters. The lowest BCUT2D eigenvalue weighted by Gasteiger charge is -2.20. The average molecular weight is 299 g/mol. The van der Waals surface area contributed by atoms with Crippen LogP contribution in [0.3, 0.4) is 0 Å². The van der Waals surface area contributed by atoms with Crippen molar-refractivity contribution >= 4 is 28.3 Å². The topological polar surface area (TPSA) is 91.3 Å². The number of nitrogens with one attached hydrogen (secondary N) is 2. The summed E-state index contributed by atoms with van der Waals surface area (Å²) in [4.78, 5) is 26.3. The van der Waals surface area contributed by atoms with Crippen molar-refractivity contribution in [2.24, 2.45) is 0 Å². The van der Waals surface area contributed by atoms with Crippen LogP contribution in [0, 0.1) is 0 Å². The number of carbonyl (C=O) groups excluding carboxylic acids is 1. The van der Waals surface area contributed by atoms with E-state index in [0.717, 1.165) is 5.69 Å². The van der Waals surface area contributed by atoms with Gasteiger partial charge in [0, 0.05) is 30.3 Å². The maximum absolute atomic E-state index is 11.6. The molecule has 112 valence electrons. The molecule has 1 amide bonds. The van der Waals surface area contributed by atoms with E-state index in [1.54, 1.807) is 0 Å². The van der Waals surface area contributed by atoms with Crippen molar-refractivity contribution in [3.63, 3.8) is 0 Å². The minimum absolute atomic E-state index is 0.00680. The minimum Gasteiger partial charge on any atom is -0.481 e. The van der Waals surface area contributed by atoms with Gasteiger partial charge in [-0.3, -0.25) is 9.59 Å². The molecule has 0 radical (unpaired) electrons. The van der Waals surface area contributed by atoms with Gasteiger partial charge in [-0.2, -0.15) is 0 Å². The number of anilines is 1. The van der Waals surface area contributed by atoms with Gasteiger partial charge in [-0.1, -0.05) is 0 Å². The molecule has 0 bridgehead atoms. The molecular formula is C13H21N3O3S. The number of aromatic nitrogens is 1. The Bertz CT molecular complexity index is 466. The van der Waals surface area contributed by atoms with E-state index in [-0.39, 0.29) is 17.9 Å². The number of carboxylic acid groups (broad SMARTS) is 1. The minimum atomic E-state index is -0.827. The molecule has 0 aliphatic carbocycles. The summed E-state index contributed by atoms with van der Waals surface area (Å²) in [6.45, 7) is 6.32. The molecule has 0 atom stereocenters. The van der Waals surface area contributed by atoms with Gasteiger partial charge in [-0.05, 0) is 20.8 Å². The largest absolute Gasteiger partial charge is 0.481 e. The number of hydrogen-bond acceptors (Lipinski definition) is 5. The van der Waals surface area contributed by atoms with Gasteiger partial charge >= 0.3 is 5.97 Å². The first-order valence-corrected chi connectivity index (χ1v) is 7.35. The Hall–Kier alpha value is -1.63. The van der Waals surface area contributed by atoms with E-state index in [9.17, 15) is 9.59 Å². The maximum atomic E-state index is 11.6. The number of thiazole rings is 1. The summed E-state index contributed by atoms with van der Waals surface area (Å²) in [7, 11) is 0. The van der Waals surface area contributed by atoms with Gasteiger partial charge in [-0.25, -0.2) is 4.98 Å². The standard InChI is InChI=1S/C13H21N3O3S/c1-13(2,3)16-10(17)6-7-14-12-15-9(8-20-12)4-5-11(18)19/h8H,4-7H2,1-3H3,(H,14,15)(H,16,17)(H,18,19). The van der Waals surface area contributed by atoms with Crippen molar-refractivity contribution in [2.45, 2.75) is 45.6 Å². The summed E-state index contributed by atoms with van der Waals surface area (Å²) in [5, 5.41) is 17.1. The summed E-state index contributed by atoms with van der Waals surface area (Å²) in [6, 6.07) is 0. The number of hydrogen-bond donors (Lipinski definition) is 3. The zero-order chi connectivity index (χ0) is 15.2. The van der Waals surface area contributed by atoms with Crippen LogP contribution < -0.4 is 10.6 Å². The normalized spacial score (nSPS) is 11.2. The van der Waals surface area contributed by atoms with Crippen LogP contribution in [0.15, 0.2) is 5.38 Å². The Balaban J connectivity index is 2.29. The summed E-state index contributed by atoms with van der Waals surface area (Å²) in [5.74, 6) is -0.834. The maximum Gasteiger partial charge on any atom is 0.303 e. The number of amides is 1. The molecule has 6 nitrogen and oxygen atoms in total. The first kappa shape index (κ1) is 16.4. The predicted octanol–water partition coefficient (Wildman–Crippen LogP) is 1.88. The average Bonchev–Trinajstić information content (AvgIpc) is 2.72. The second kappa shape index (κ2) is 7.23. The molecule has 0 fully saturated rings. The van der Waals surface area contributed by atoms with Gasteiger partial charge in [0.15, 0.2) is 5.13 Å². The van der Waals surface area contributed by atoms with Crippen LogP contribution in [0.25, 0.3) is 0 Å². The fourth-order valence-corrected chi connectivity index (χ4v) is 2.28. The van der Waals surface area contributed by atoms with E-state index < -0.39 is 5.97 Å². The van der Waals surface area contributed by atoms with Crippen molar-refractivity contribution in [1.82, 2.24) is 10.3 Å². The smallest absolute Gasteiger partial charge is 0.303 e. The molecule has 0 aromatic carbocycles. The van der Waals surface area contributed by atoms with E-state index >= 15 is 0 Å². The van der Waals surface area contributed by atoms with Gasteiger partial charge in [0.05, 0.1) is 12.1 Å². The van der Waals surface area contributed by atoms with E-state index in [1.807, 2.05) is 26.2 Å². The van der Waals surface area contributed by atoms with Crippen molar-refractivity contribution in [3.8, 4) is 0 Å². The zero-order valence-corrected chi connectivity index (χ0v) is 12.8. The summed E-state index contributed by atoms with van der Waals surface area (Å²) < 4.78 is 0. The number of carboxylic acids is 1. The Morgan fingerprint density at radius 1 is 1.35 bits per heavy atom. The molecule has 0 saturated carbocycles. The first-order chi connectivity index (χ1) is 9.26. The fourth-order valence-electron chi connectivity index (χ4n) is 1.50. The highest BCUT2D eigenvalue weighted by Gasteiger charge is 2.13. The fraction of sp³-hybridized carbons (Fsp3) is 0.615. The Labute approximate surface area is 122 Å². The Morgan fingerprint density at radius 3 is 2.65 bits per heavy atom. The molecule has 0 spiro atoms. The third kappa shape index (κ3) is 7.08. The van der Waals surface area contributed by atoms with E-state index in [0.29, 0.717) is 24.5 Å². The monoisotopic (exact) mass is 299 g/mol. The second-order valence-corrected chi connectivity index (χ2v) is 6.37. The number of nitrogens with zero attached hydrogens (tertiary/aromatic N) is 1. The zero-order valence-electron chi connectivity index (χ0n) is 12.0. The van der Waals surface area contributed by atoms with Gasteiger partial charge in [0.25, 0.3) is 0 Å². The number of aliphatic carboxylic acids is 1. The molecule has 1 aromatic heterocycles. The lowest BCUT2D eigenvalue weighted by atomic mass is 10.1. The molecular weight excluding hydrogens is 278 g/mol. The van der Waals surface area contributed by atoms with Crippen LogP contribution in [0.2, 0.25) is 0 Å². The van der Waals surface area contributed by atoms with E-state index in [2.05, 4.69) is 15.6 Å². The number of carbonyl (C=O) groups is 2. The number of rotatable bonds is 7.